The first-order chi connectivity index (χ1) is 9.67. The molecule has 1 aromatic carbocycles. The van der Waals surface area contributed by atoms with Gasteiger partial charge in [0, 0.05) is 11.1 Å². The summed E-state index contributed by atoms with van der Waals surface area (Å²) in [6.07, 6.45) is 1.27. The molecule has 1 saturated heterocycles. The van der Waals surface area contributed by atoms with Gasteiger partial charge in [-0.3, -0.25) is 4.72 Å². The van der Waals surface area contributed by atoms with E-state index in [0.717, 1.165) is 6.42 Å². The molecule has 0 bridgehead atoms. The second-order valence-electron chi connectivity index (χ2n) is 4.71. The van der Waals surface area contributed by atoms with E-state index in [1.165, 1.54) is 18.2 Å². The van der Waals surface area contributed by atoms with Crippen LogP contribution in [0.1, 0.15) is 12.8 Å². The molecule has 1 unspecified atom stereocenters. The number of nitrogens with two attached hydrogens (primary N) is 1. The number of hydrogen-bond donors (Lipinski definition) is 2. The van der Waals surface area contributed by atoms with Crippen LogP contribution in [0, 0.1) is 0 Å². The number of sulfonamides is 2. The summed E-state index contributed by atoms with van der Waals surface area (Å²) in [5.41, 5.74) is 0.250. The molecule has 2 rings (SSSR count). The largest absolute Gasteiger partial charge is 0.377 e. The van der Waals surface area contributed by atoms with Crippen LogP contribution in [0.2, 0.25) is 0 Å². The van der Waals surface area contributed by atoms with Gasteiger partial charge in [0.05, 0.1) is 22.4 Å². The number of rotatable bonds is 5. The summed E-state index contributed by atoms with van der Waals surface area (Å²) in [5.74, 6) is -0.129. The molecule has 0 amide bonds. The molecule has 1 heterocycles. The molecule has 1 aromatic rings. The summed E-state index contributed by atoms with van der Waals surface area (Å²) < 4.78 is 54.5. The van der Waals surface area contributed by atoms with Crippen molar-refractivity contribution in [2.45, 2.75) is 23.8 Å². The zero-order valence-corrected chi connectivity index (χ0v) is 14.2. The number of benzene rings is 1. The smallest absolute Gasteiger partial charge is 0.238 e. The lowest BCUT2D eigenvalue weighted by Gasteiger charge is -2.13. The number of anilines is 1. The van der Waals surface area contributed by atoms with Gasteiger partial charge in [-0.15, -0.1) is 0 Å². The van der Waals surface area contributed by atoms with Crippen molar-refractivity contribution in [2.75, 3.05) is 17.1 Å². The lowest BCUT2D eigenvalue weighted by atomic mass is 10.3. The summed E-state index contributed by atoms with van der Waals surface area (Å²) in [5, 5.41) is 5.01. The van der Waals surface area contributed by atoms with Crippen molar-refractivity contribution in [1.29, 1.82) is 0 Å². The normalized spacial score (nSPS) is 19.6. The summed E-state index contributed by atoms with van der Waals surface area (Å²) in [7, 11) is -7.41. The predicted molar refractivity (Wildman–Crippen MR) is 81.9 cm³/mol. The third kappa shape index (κ3) is 4.65. The van der Waals surface area contributed by atoms with E-state index in [1.807, 2.05) is 0 Å². The Morgan fingerprint density at radius 2 is 2.05 bits per heavy atom. The van der Waals surface area contributed by atoms with Crippen molar-refractivity contribution in [3.05, 3.63) is 22.7 Å². The summed E-state index contributed by atoms with van der Waals surface area (Å²) in [6.45, 7) is 0.576. The fraction of sp³-hybridized carbons (Fsp3) is 0.455. The molecule has 118 valence electrons. The van der Waals surface area contributed by atoms with Crippen molar-refractivity contribution in [3.63, 3.8) is 0 Å². The van der Waals surface area contributed by atoms with Gasteiger partial charge in [-0.2, -0.15) is 0 Å². The van der Waals surface area contributed by atoms with Gasteiger partial charge >= 0.3 is 0 Å². The van der Waals surface area contributed by atoms with Crippen LogP contribution in [0.3, 0.4) is 0 Å². The van der Waals surface area contributed by atoms with Gasteiger partial charge in [0.1, 0.15) is 0 Å². The molecule has 0 aliphatic carbocycles. The van der Waals surface area contributed by atoms with E-state index in [2.05, 4.69) is 20.7 Å². The number of nitrogens with one attached hydrogen (secondary N) is 1. The third-order valence-electron chi connectivity index (χ3n) is 2.96. The van der Waals surface area contributed by atoms with Crippen LogP contribution >= 0.6 is 15.9 Å². The summed E-state index contributed by atoms with van der Waals surface area (Å²) >= 11 is 3.13. The van der Waals surface area contributed by atoms with Gasteiger partial charge in [0.15, 0.2) is 0 Å². The molecule has 3 N–H and O–H groups in total. The third-order valence-corrected chi connectivity index (χ3v) is 5.87. The minimum Gasteiger partial charge on any atom is -0.377 e. The van der Waals surface area contributed by atoms with Crippen molar-refractivity contribution >= 4 is 41.7 Å². The minimum absolute atomic E-state index is 0.101. The van der Waals surface area contributed by atoms with Gasteiger partial charge in [-0.25, -0.2) is 22.0 Å². The van der Waals surface area contributed by atoms with Gasteiger partial charge < -0.3 is 4.74 Å². The first-order valence-electron chi connectivity index (χ1n) is 6.12. The van der Waals surface area contributed by atoms with E-state index in [1.54, 1.807) is 0 Å². The molecule has 0 aromatic heterocycles. The Morgan fingerprint density at radius 1 is 1.33 bits per heavy atom. The lowest BCUT2D eigenvalue weighted by molar-refractivity contribution is 0.127. The molecule has 1 aliphatic heterocycles. The van der Waals surface area contributed by atoms with E-state index in [-0.39, 0.29) is 22.4 Å². The maximum atomic E-state index is 12.0. The molecule has 1 atom stereocenters. The average molecular weight is 399 g/mol. The zero-order valence-electron chi connectivity index (χ0n) is 11.0. The van der Waals surface area contributed by atoms with Crippen molar-refractivity contribution in [3.8, 4) is 0 Å². The predicted octanol–water partition coefficient (Wildman–Crippen LogP) is 1.02. The average Bonchev–Trinajstić information content (AvgIpc) is 2.82. The maximum absolute atomic E-state index is 12.0. The number of hydrogen-bond acceptors (Lipinski definition) is 5. The van der Waals surface area contributed by atoms with Gasteiger partial charge in [-0.05, 0) is 47.0 Å². The molecule has 0 radical (unpaired) electrons. The number of halogens is 1. The van der Waals surface area contributed by atoms with E-state index in [9.17, 15) is 16.8 Å². The Balaban J connectivity index is 2.15. The Hall–Kier alpha value is -0.680. The quantitative estimate of drug-likeness (QED) is 0.767. The SMILES string of the molecule is NS(=O)(=O)c1ccc(NS(=O)(=O)CC2CCCO2)c(Br)c1. The van der Waals surface area contributed by atoms with Crippen LogP contribution in [-0.4, -0.2) is 35.3 Å². The Labute approximate surface area is 132 Å². The highest BCUT2D eigenvalue weighted by molar-refractivity contribution is 9.10. The van der Waals surface area contributed by atoms with Gasteiger partial charge in [0.2, 0.25) is 20.0 Å². The van der Waals surface area contributed by atoms with Crippen LogP contribution in [0.15, 0.2) is 27.6 Å². The fourth-order valence-corrected chi connectivity index (χ4v) is 4.63. The van der Waals surface area contributed by atoms with E-state index in [4.69, 9.17) is 9.88 Å². The molecule has 1 aliphatic rings. The van der Waals surface area contributed by atoms with Crippen molar-refractivity contribution in [1.82, 2.24) is 0 Å². The van der Waals surface area contributed by atoms with E-state index < -0.39 is 20.0 Å². The number of ether oxygens (including phenoxy) is 1. The van der Waals surface area contributed by atoms with Crippen LogP contribution in [0.25, 0.3) is 0 Å². The van der Waals surface area contributed by atoms with Crippen LogP contribution < -0.4 is 9.86 Å². The monoisotopic (exact) mass is 398 g/mol. The van der Waals surface area contributed by atoms with Crippen LogP contribution in [0.4, 0.5) is 5.69 Å². The lowest BCUT2D eigenvalue weighted by Crippen LogP contribution is -2.25. The highest BCUT2D eigenvalue weighted by Gasteiger charge is 2.24. The Morgan fingerprint density at radius 3 is 2.57 bits per heavy atom. The molecular formula is C11H15BrN2O5S2. The van der Waals surface area contributed by atoms with E-state index in [0.29, 0.717) is 17.5 Å². The first kappa shape index (κ1) is 16.7. The number of primary sulfonamides is 1. The molecular weight excluding hydrogens is 384 g/mol. The molecule has 1 fully saturated rings. The summed E-state index contributed by atoms with van der Waals surface area (Å²) in [4.78, 5) is -0.101. The molecule has 10 heteroatoms. The van der Waals surface area contributed by atoms with E-state index >= 15 is 0 Å². The van der Waals surface area contributed by atoms with Crippen LogP contribution in [-0.2, 0) is 24.8 Å². The molecule has 7 nitrogen and oxygen atoms in total. The standard InChI is InChI=1S/C11H15BrN2O5S2/c12-10-6-9(21(13,17)18)3-4-11(10)14-20(15,16)7-8-2-1-5-19-8/h3-4,6,8,14H,1-2,5,7H2,(H2,13,17,18). The zero-order chi connectivity index (χ0) is 15.7. The highest BCUT2D eigenvalue weighted by atomic mass is 79.9. The van der Waals surface area contributed by atoms with Crippen molar-refractivity contribution in [2.24, 2.45) is 5.14 Å². The van der Waals surface area contributed by atoms with Crippen LogP contribution in [0.5, 0.6) is 0 Å². The molecule has 21 heavy (non-hydrogen) atoms. The van der Waals surface area contributed by atoms with Gasteiger partial charge in [0.25, 0.3) is 0 Å². The van der Waals surface area contributed by atoms with Gasteiger partial charge in [-0.1, -0.05) is 0 Å². The molecule has 0 saturated carbocycles. The summed E-state index contributed by atoms with van der Waals surface area (Å²) in [6, 6.07) is 3.83. The topological polar surface area (TPSA) is 116 Å². The minimum atomic E-state index is -3.83. The Kier molecular flexibility index (Phi) is 4.93. The Bertz CT molecular complexity index is 727. The van der Waals surface area contributed by atoms with Crippen molar-refractivity contribution < 1.29 is 21.6 Å². The highest BCUT2D eigenvalue weighted by Crippen LogP contribution is 2.26. The first-order valence-corrected chi connectivity index (χ1v) is 10.1. The second-order valence-corrected chi connectivity index (χ2v) is 8.89. The maximum Gasteiger partial charge on any atom is 0.238 e. The molecule has 0 spiro atoms. The second kappa shape index (κ2) is 6.21. The fourth-order valence-electron chi connectivity index (χ4n) is 1.99.